The number of benzene rings is 1. The van der Waals surface area contributed by atoms with E-state index in [1.807, 2.05) is 19.1 Å². The standard InChI is InChI=1S/C18H28N2O3/c1-3-13-22-15-17(21)14-19-9-11-20(12-10-19)16-5-7-18(8-6-16)23-4-2/h3,5-8,17,21H,1,4,9-15H2,2H3. The summed E-state index contributed by atoms with van der Waals surface area (Å²) in [5.41, 5.74) is 1.22. The van der Waals surface area contributed by atoms with Gasteiger partial charge in [-0.25, -0.2) is 0 Å². The fourth-order valence-corrected chi connectivity index (χ4v) is 2.75. The molecule has 1 saturated heterocycles. The van der Waals surface area contributed by atoms with Crippen molar-refractivity contribution in [1.29, 1.82) is 0 Å². The Kier molecular flexibility index (Phi) is 7.39. The second-order valence-corrected chi connectivity index (χ2v) is 5.69. The van der Waals surface area contributed by atoms with E-state index in [9.17, 15) is 5.11 Å². The van der Waals surface area contributed by atoms with Crippen LogP contribution in [0, 0.1) is 0 Å². The van der Waals surface area contributed by atoms with E-state index in [0.29, 0.717) is 26.4 Å². The molecule has 2 rings (SSSR count). The Labute approximate surface area is 139 Å². The molecule has 5 heteroatoms. The van der Waals surface area contributed by atoms with Gasteiger partial charge in [0.2, 0.25) is 0 Å². The first-order valence-corrected chi connectivity index (χ1v) is 8.29. The van der Waals surface area contributed by atoms with Crippen molar-refractivity contribution in [3.63, 3.8) is 0 Å². The van der Waals surface area contributed by atoms with Gasteiger partial charge >= 0.3 is 0 Å². The van der Waals surface area contributed by atoms with Crippen LogP contribution < -0.4 is 9.64 Å². The van der Waals surface area contributed by atoms with Gasteiger partial charge in [-0.15, -0.1) is 6.58 Å². The average Bonchev–Trinajstić information content (AvgIpc) is 2.57. The summed E-state index contributed by atoms with van der Waals surface area (Å²) < 4.78 is 10.8. The molecule has 1 aromatic carbocycles. The molecule has 0 aromatic heterocycles. The lowest BCUT2D eigenvalue weighted by molar-refractivity contribution is 0.0252. The Morgan fingerprint density at radius 1 is 1.22 bits per heavy atom. The van der Waals surface area contributed by atoms with E-state index in [1.54, 1.807) is 6.08 Å². The van der Waals surface area contributed by atoms with Crippen molar-refractivity contribution in [3.05, 3.63) is 36.9 Å². The number of hydrogen-bond donors (Lipinski definition) is 1. The summed E-state index contributed by atoms with van der Waals surface area (Å²) in [5.74, 6) is 0.914. The van der Waals surface area contributed by atoms with Crippen LogP contribution in [0.15, 0.2) is 36.9 Å². The first kappa shape index (κ1) is 17.8. The SMILES string of the molecule is C=CCOCC(O)CN1CCN(c2ccc(OCC)cc2)CC1. The number of ether oxygens (including phenoxy) is 2. The van der Waals surface area contributed by atoms with Crippen molar-refractivity contribution >= 4 is 5.69 Å². The molecule has 1 heterocycles. The number of piperazine rings is 1. The third-order valence-electron chi connectivity index (χ3n) is 3.90. The van der Waals surface area contributed by atoms with E-state index in [-0.39, 0.29) is 0 Å². The molecule has 1 aliphatic rings. The number of β-amino-alcohol motifs (C(OH)–C–C–N with tert-alkyl or cyclic N) is 1. The van der Waals surface area contributed by atoms with Crippen LogP contribution in [0.5, 0.6) is 5.75 Å². The summed E-state index contributed by atoms with van der Waals surface area (Å²) in [6.07, 6.45) is 1.26. The van der Waals surface area contributed by atoms with E-state index < -0.39 is 6.10 Å². The van der Waals surface area contributed by atoms with Crippen molar-refractivity contribution in [2.45, 2.75) is 13.0 Å². The molecule has 0 bridgehead atoms. The molecule has 1 atom stereocenters. The van der Waals surface area contributed by atoms with Gasteiger partial charge in [-0.2, -0.15) is 0 Å². The van der Waals surface area contributed by atoms with Gasteiger partial charge in [0.25, 0.3) is 0 Å². The lowest BCUT2D eigenvalue weighted by Gasteiger charge is -2.36. The van der Waals surface area contributed by atoms with Gasteiger partial charge in [0.15, 0.2) is 0 Å². The number of aliphatic hydroxyl groups excluding tert-OH is 1. The van der Waals surface area contributed by atoms with E-state index in [1.165, 1.54) is 5.69 Å². The molecule has 1 N–H and O–H groups in total. The zero-order valence-electron chi connectivity index (χ0n) is 14.0. The molecule has 0 saturated carbocycles. The van der Waals surface area contributed by atoms with Crippen LogP contribution in [0.2, 0.25) is 0 Å². The topological polar surface area (TPSA) is 45.2 Å². The summed E-state index contributed by atoms with van der Waals surface area (Å²) in [6.45, 7) is 11.6. The van der Waals surface area contributed by atoms with Crippen LogP contribution in [-0.4, -0.2) is 68.7 Å². The van der Waals surface area contributed by atoms with Crippen molar-refractivity contribution in [1.82, 2.24) is 4.90 Å². The van der Waals surface area contributed by atoms with Crippen LogP contribution >= 0.6 is 0 Å². The Morgan fingerprint density at radius 2 is 1.91 bits per heavy atom. The number of rotatable bonds is 9. The molecule has 0 aliphatic carbocycles. The van der Waals surface area contributed by atoms with Gasteiger partial charge in [-0.3, -0.25) is 4.90 Å². The van der Waals surface area contributed by atoms with E-state index >= 15 is 0 Å². The summed E-state index contributed by atoms with van der Waals surface area (Å²) in [4.78, 5) is 4.65. The summed E-state index contributed by atoms with van der Waals surface area (Å²) in [7, 11) is 0. The highest BCUT2D eigenvalue weighted by atomic mass is 16.5. The van der Waals surface area contributed by atoms with Crippen LogP contribution in [0.3, 0.4) is 0 Å². The number of nitrogens with zero attached hydrogens (tertiary/aromatic N) is 2. The minimum absolute atomic E-state index is 0.366. The largest absolute Gasteiger partial charge is 0.494 e. The van der Waals surface area contributed by atoms with Crippen molar-refractivity contribution < 1.29 is 14.6 Å². The lowest BCUT2D eigenvalue weighted by atomic mass is 10.2. The molecule has 0 amide bonds. The maximum Gasteiger partial charge on any atom is 0.119 e. The summed E-state index contributed by atoms with van der Waals surface area (Å²) in [5, 5.41) is 9.96. The van der Waals surface area contributed by atoms with Crippen molar-refractivity contribution in [2.75, 3.05) is 57.4 Å². The van der Waals surface area contributed by atoms with Gasteiger partial charge in [0.1, 0.15) is 5.75 Å². The molecule has 1 aliphatic heterocycles. The molecule has 5 nitrogen and oxygen atoms in total. The van der Waals surface area contributed by atoms with Crippen LogP contribution in [-0.2, 0) is 4.74 Å². The maximum atomic E-state index is 9.96. The van der Waals surface area contributed by atoms with Crippen molar-refractivity contribution in [2.24, 2.45) is 0 Å². The fourth-order valence-electron chi connectivity index (χ4n) is 2.75. The summed E-state index contributed by atoms with van der Waals surface area (Å²) in [6, 6.07) is 8.26. The Morgan fingerprint density at radius 3 is 2.52 bits per heavy atom. The van der Waals surface area contributed by atoms with Gasteiger partial charge in [-0.1, -0.05) is 6.08 Å². The molecular weight excluding hydrogens is 292 g/mol. The number of hydrogen-bond acceptors (Lipinski definition) is 5. The van der Waals surface area contributed by atoms with Crippen LogP contribution in [0.4, 0.5) is 5.69 Å². The quantitative estimate of drug-likeness (QED) is 0.555. The summed E-state index contributed by atoms with van der Waals surface area (Å²) >= 11 is 0. The van der Waals surface area contributed by atoms with Crippen LogP contribution in [0.25, 0.3) is 0 Å². The Bertz CT molecular complexity index is 456. The van der Waals surface area contributed by atoms with E-state index in [0.717, 1.165) is 31.9 Å². The van der Waals surface area contributed by atoms with Gasteiger partial charge in [0.05, 0.1) is 25.9 Å². The zero-order valence-corrected chi connectivity index (χ0v) is 14.0. The lowest BCUT2D eigenvalue weighted by Crippen LogP contribution is -2.49. The molecule has 0 spiro atoms. The third-order valence-corrected chi connectivity index (χ3v) is 3.90. The third kappa shape index (κ3) is 5.86. The highest BCUT2D eigenvalue weighted by Crippen LogP contribution is 2.20. The number of aliphatic hydroxyl groups is 1. The van der Waals surface area contributed by atoms with Gasteiger partial charge in [-0.05, 0) is 31.2 Å². The monoisotopic (exact) mass is 320 g/mol. The predicted octanol–water partition coefficient (Wildman–Crippen LogP) is 1.77. The molecule has 128 valence electrons. The van der Waals surface area contributed by atoms with Crippen LogP contribution in [0.1, 0.15) is 6.92 Å². The first-order valence-electron chi connectivity index (χ1n) is 8.29. The molecule has 1 unspecified atom stereocenters. The average molecular weight is 320 g/mol. The fraction of sp³-hybridized carbons (Fsp3) is 0.556. The number of anilines is 1. The maximum absolute atomic E-state index is 9.96. The normalized spacial score (nSPS) is 17.0. The predicted molar refractivity (Wildman–Crippen MR) is 93.3 cm³/mol. The molecule has 1 aromatic rings. The molecule has 23 heavy (non-hydrogen) atoms. The first-order chi connectivity index (χ1) is 11.2. The van der Waals surface area contributed by atoms with E-state index in [4.69, 9.17) is 9.47 Å². The molecular formula is C18H28N2O3. The molecule has 0 radical (unpaired) electrons. The van der Waals surface area contributed by atoms with E-state index in [2.05, 4.69) is 28.5 Å². The van der Waals surface area contributed by atoms with Gasteiger partial charge < -0.3 is 19.5 Å². The smallest absolute Gasteiger partial charge is 0.119 e. The van der Waals surface area contributed by atoms with Gasteiger partial charge in [0, 0.05) is 38.4 Å². The highest BCUT2D eigenvalue weighted by molar-refractivity contribution is 5.49. The second kappa shape index (κ2) is 9.55. The zero-order chi connectivity index (χ0) is 16.5. The Balaban J connectivity index is 1.73. The Hall–Kier alpha value is -1.56. The molecule has 1 fully saturated rings. The highest BCUT2D eigenvalue weighted by Gasteiger charge is 2.19. The minimum Gasteiger partial charge on any atom is -0.494 e. The van der Waals surface area contributed by atoms with Crippen molar-refractivity contribution in [3.8, 4) is 5.75 Å². The minimum atomic E-state index is -0.438. The second-order valence-electron chi connectivity index (χ2n) is 5.69.